The van der Waals surface area contributed by atoms with Crippen LogP contribution in [0.25, 0.3) is 33.4 Å². The molecule has 0 amide bonds. The molecule has 0 bridgehead atoms. The number of anilines is 6. The van der Waals surface area contributed by atoms with Crippen molar-refractivity contribution in [2.24, 2.45) is 0 Å². The van der Waals surface area contributed by atoms with Crippen LogP contribution < -0.4 is 26.2 Å². The number of hydrogen-bond donors (Lipinski definition) is 0. The van der Waals surface area contributed by atoms with Gasteiger partial charge in [-0.25, -0.2) is 0 Å². The molecule has 0 unspecified atom stereocenters. The molecular formula is C49H33BN2. The van der Waals surface area contributed by atoms with Crippen LogP contribution in [0.1, 0.15) is 11.1 Å². The first-order chi connectivity index (χ1) is 25.8. The van der Waals surface area contributed by atoms with Crippen LogP contribution in [0.4, 0.5) is 34.1 Å². The summed E-state index contributed by atoms with van der Waals surface area (Å²) in [5.74, 6) is 0. The first-order valence-electron chi connectivity index (χ1n) is 18.2. The average Bonchev–Trinajstić information content (AvgIpc) is 3.61. The second-order valence-electron chi connectivity index (χ2n) is 14.0. The molecule has 2 nitrogen and oxygen atoms in total. The summed E-state index contributed by atoms with van der Waals surface area (Å²) in [6.45, 7) is 0.102. The van der Waals surface area contributed by atoms with Gasteiger partial charge in [-0.15, -0.1) is 0 Å². The molecule has 242 valence electrons. The Morgan fingerprint density at radius 3 is 1.29 bits per heavy atom. The highest BCUT2D eigenvalue weighted by atomic mass is 15.2. The average molecular weight is 661 g/mol. The Hall–Kier alpha value is -6.58. The van der Waals surface area contributed by atoms with Crippen LogP contribution in [-0.4, -0.2) is 6.71 Å². The van der Waals surface area contributed by atoms with Gasteiger partial charge in [0.1, 0.15) is 0 Å². The topological polar surface area (TPSA) is 6.48 Å². The zero-order chi connectivity index (χ0) is 34.2. The highest BCUT2D eigenvalue weighted by Crippen LogP contribution is 2.49. The van der Waals surface area contributed by atoms with Gasteiger partial charge in [0.15, 0.2) is 0 Å². The first-order valence-corrected chi connectivity index (χ1v) is 18.2. The lowest BCUT2D eigenvalue weighted by Gasteiger charge is -2.44. The molecular weight excluding hydrogens is 627 g/mol. The number of hydrogen-bond acceptors (Lipinski definition) is 2. The maximum Gasteiger partial charge on any atom is 0.252 e. The number of para-hydroxylation sites is 4. The van der Waals surface area contributed by atoms with E-state index in [9.17, 15) is 0 Å². The molecule has 0 radical (unpaired) electrons. The van der Waals surface area contributed by atoms with Gasteiger partial charge in [-0.2, -0.15) is 0 Å². The monoisotopic (exact) mass is 660 g/mol. The molecule has 0 saturated heterocycles. The minimum absolute atomic E-state index is 0.102. The number of rotatable bonds is 4. The molecule has 0 spiro atoms. The second kappa shape index (κ2) is 11.5. The van der Waals surface area contributed by atoms with E-state index in [-0.39, 0.29) is 6.71 Å². The fraction of sp³-hybridized carbons (Fsp3) is 0.0204. The van der Waals surface area contributed by atoms with E-state index < -0.39 is 0 Å². The van der Waals surface area contributed by atoms with Crippen molar-refractivity contribution in [2.45, 2.75) is 6.42 Å². The first kappa shape index (κ1) is 29.2. The summed E-state index contributed by atoms with van der Waals surface area (Å²) in [6.07, 6.45) is 0.900. The molecule has 0 atom stereocenters. The van der Waals surface area contributed by atoms with E-state index in [2.05, 4.69) is 198 Å². The summed E-state index contributed by atoms with van der Waals surface area (Å²) < 4.78 is 0. The van der Waals surface area contributed by atoms with Crippen LogP contribution in [0.2, 0.25) is 0 Å². The van der Waals surface area contributed by atoms with E-state index in [4.69, 9.17) is 0 Å². The standard InChI is InChI=1S/C49H33BN2/c1-4-16-33(17-5-1)37-22-14-24-39-40-25-15-23-38(42(40)32-41(37)39)34-30-47-49-48(31-34)52(36-20-8-3-9-21-36)46-29-13-11-27-44(46)50(49)43-26-10-12-28-45(43)51(47)35-18-6-2-7-19-35/h1-31H,32H2. The van der Waals surface area contributed by atoms with Crippen molar-refractivity contribution >= 4 is 57.2 Å². The van der Waals surface area contributed by atoms with Crippen LogP contribution in [0, 0.1) is 0 Å². The lowest BCUT2D eigenvalue weighted by molar-refractivity contribution is 1.24. The zero-order valence-electron chi connectivity index (χ0n) is 28.6. The normalized spacial score (nSPS) is 13.2. The van der Waals surface area contributed by atoms with Crippen molar-refractivity contribution in [3.8, 4) is 33.4 Å². The SMILES string of the molecule is c1ccc(-c2cccc3c2Cc2c(-c4cc5c6c(c4)N(c4ccccc4)c4ccccc4B6c4ccccc4N5c4ccccc4)cccc2-3)cc1. The number of fused-ring (bicyclic) bond motifs is 7. The van der Waals surface area contributed by atoms with Crippen LogP contribution in [0.5, 0.6) is 0 Å². The van der Waals surface area contributed by atoms with Gasteiger partial charge in [-0.1, -0.05) is 140 Å². The summed E-state index contributed by atoms with van der Waals surface area (Å²) in [6, 6.07) is 69.3. The lowest BCUT2D eigenvalue weighted by Crippen LogP contribution is -2.61. The number of benzene rings is 8. The van der Waals surface area contributed by atoms with Gasteiger partial charge < -0.3 is 9.80 Å². The van der Waals surface area contributed by atoms with Gasteiger partial charge in [0.05, 0.1) is 0 Å². The molecule has 0 N–H and O–H groups in total. The van der Waals surface area contributed by atoms with E-state index in [1.165, 1.54) is 83.6 Å². The predicted molar refractivity (Wildman–Crippen MR) is 220 cm³/mol. The Bertz CT molecular complexity index is 2560. The van der Waals surface area contributed by atoms with Crippen LogP contribution in [-0.2, 0) is 6.42 Å². The molecule has 2 heterocycles. The molecule has 0 saturated carbocycles. The maximum absolute atomic E-state index is 2.50. The Morgan fingerprint density at radius 1 is 0.346 bits per heavy atom. The number of nitrogens with zero attached hydrogens (tertiary/aromatic N) is 2. The summed E-state index contributed by atoms with van der Waals surface area (Å²) >= 11 is 0. The Labute approximate surface area is 305 Å². The highest BCUT2D eigenvalue weighted by molar-refractivity contribution is 7.00. The van der Waals surface area contributed by atoms with Crippen molar-refractivity contribution in [3.05, 3.63) is 199 Å². The summed E-state index contributed by atoms with van der Waals surface area (Å²) in [4.78, 5) is 4.99. The third-order valence-corrected chi connectivity index (χ3v) is 11.3. The van der Waals surface area contributed by atoms with Crippen molar-refractivity contribution in [1.29, 1.82) is 0 Å². The molecule has 2 aliphatic heterocycles. The predicted octanol–water partition coefficient (Wildman–Crippen LogP) is 10.7. The fourth-order valence-corrected chi connectivity index (χ4v) is 9.16. The Morgan fingerprint density at radius 2 is 0.769 bits per heavy atom. The Balaban J connectivity index is 1.20. The molecule has 8 aromatic rings. The van der Waals surface area contributed by atoms with Crippen LogP contribution in [0.3, 0.4) is 0 Å². The largest absolute Gasteiger partial charge is 0.311 e. The van der Waals surface area contributed by atoms with Crippen molar-refractivity contribution in [3.63, 3.8) is 0 Å². The molecule has 8 aromatic carbocycles. The minimum Gasteiger partial charge on any atom is -0.311 e. The quantitative estimate of drug-likeness (QED) is 0.173. The van der Waals surface area contributed by atoms with Gasteiger partial charge >= 0.3 is 0 Å². The third kappa shape index (κ3) is 4.26. The lowest BCUT2D eigenvalue weighted by atomic mass is 9.33. The smallest absolute Gasteiger partial charge is 0.252 e. The van der Waals surface area contributed by atoms with E-state index in [0.717, 1.165) is 17.8 Å². The summed E-state index contributed by atoms with van der Waals surface area (Å²) in [5, 5.41) is 0. The van der Waals surface area contributed by atoms with Gasteiger partial charge in [-0.3, -0.25) is 0 Å². The van der Waals surface area contributed by atoms with Crippen molar-refractivity contribution < 1.29 is 0 Å². The van der Waals surface area contributed by atoms with E-state index in [1.807, 2.05) is 0 Å². The van der Waals surface area contributed by atoms with Gasteiger partial charge in [0.25, 0.3) is 6.71 Å². The van der Waals surface area contributed by atoms with Crippen LogP contribution in [0.15, 0.2) is 188 Å². The molecule has 1 aliphatic carbocycles. The maximum atomic E-state index is 2.50. The molecule has 3 aliphatic rings. The summed E-state index contributed by atoms with van der Waals surface area (Å²) in [7, 11) is 0. The van der Waals surface area contributed by atoms with Crippen LogP contribution >= 0.6 is 0 Å². The van der Waals surface area contributed by atoms with Gasteiger partial charge in [0, 0.05) is 34.1 Å². The summed E-state index contributed by atoms with van der Waals surface area (Å²) in [5.41, 5.74) is 21.9. The van der Waals surface area contributed by atoms with Crippen molar-refractivity contribution in [2.75, 3.05) is 9.80 Å². The molecule has 11 rings (SSSR count). The molecule has 0 aromatic heterocycles. The van der Waals surface area contributed by atoms with E-state index in [0.29, 0.717) is 0 Å². The molecule has 0 fully saturated rings. The third-order valence-electron chi connectivity index (χ3n) is 11.3. The van der Waals surface area contributed by atoms with E-state index >= 15 is 0 Å². The minimum atomic E-state index is 0.102. The van der Waals surface area contributed by atoms with Gasteiger partial charge in [-0.05, 0) is 116 Å². The van der Waals surface area contributed by atoms with E-state index in [1.54, 1.807) is 0 Å². The zero-order valence-corrected chi connectivity index (χ0v) is 28.6. The fourth-order valence-electron chi connectivity index (χ4n) is 9.16. The Kier molecular flexibility index (Phi) is 6.44. The molecule has 52 heavy (non-hydrogen) atoms. The second-order valence-corrected chi connectivity index (χ2v) is 14.0. The highest BCUT2D eigenvalue weighted by Gasteiger charge is 2.43. The molecule has 3 heteroatoms. The van der Waals surface area contributed by atoms with Crippen molar-refractivity contribution in [1.82, 2.24) is 0 Å². The van der Waals surface area contributed by atoms with Gasteiger partial charge in [0.2, 0.25) is 0 Å².